The van der Waals surface area contributed by atoms with Crippen molar-refractivity contribution in [2.24, 2.45) is 0 Å². The van der Waals surface area contributed by atoms with Gasteiger partial charge in [0.15, 0.2) is 15.5 Å². The van der Waals surface area contributed by atoms with E-state index in [0.717, 1.165) is 16.5 Å². The number of carbonyl (C=O) groups excluding carboxylic acids is 1. The molecule has 0 saturated heterocycles. The summed E-state index contributed by atoms with van der Waals surface area (Å²) in [5.74, 6) is -0.482. The number of pyridine rings is 1. The molecule has 0 spiro atoms. The monoisotopic (exact) mass is 421 g/mol. The van der Waals surface area contributed by atoms with Gasteiger partial charge in [0.05, 0.1) is 22.0 Å². The van der Waals surface area contributed by atoms with Crippen molar-refractivity contribution in [1.82, 2.24) is 20.0 Å². The molecule has 4 aromatic rings. The van der Waals surface area contributed by atoms with Crippen molar-refractivity contribution in [2.45, 2.75) is 18.7 Å². The highest BCUT2D eigenvalue weighted by atomic mass is 32.2. The molecule has 0 unspecified atom stereocenters. The van der Waals surface area contributed by atoms with Gasteiger partial charge in [0.25, 0.3) is 5.91 Å². The van der Waals surface area contributed by atoms with Crippen LogP contribution in [0, 0.1) is 6.92 Å². The number of rotatable bonds is 5. The number of sulfone groups is 1. The fraction of sp³-hybridized carbons (Fsp3) is 0.143. The zero-order valence-corrected chi connectivity index (χ0v) is 17.2. The molecule has 30 heavy (non-hydrogen) atoms. The van der Waals surface area contributed by atoms with Gasteiger partial charge < -0.3 is 5.32 Å². The van der Waals surface area contributed by atoms with Gasteiger partial charge in [-0.1, -0.05) is 30.3 Å². The van der Waals surface area contributed by atoms with Crippen molar-refractivity contribution in [3.8, 4) is 5.69 Å². The van der Waals surface area contributed by atoms with E-state index in [4.69, 9.17) is 0 Å². The van der Waals surface area contributed by atoms with Crippen molar-refractivity contribution in [3.05, 3.63) is 72.3 Å². The van der Waals surface area contributed by atoms with Crippen LogP contribution in [0.2, 0.25) is 0 Å². The molecule has 0 aliphatic carbocycles. The number of hydrogen-bond donors (Lipinski definition) is 1. The summed E-state index contributed by atoms with van der Waals surface area (Å²) in [4.78, 5) is 17.1. The number of fused-ring (bicyclic) bond motifs is 1. The summed E-state index contributed by atoms with van der Waals surface area (Å²) >= 11 is 0. The number of nitrogens with zero attached hydrogens (tertiary/aromatic N) is 4. The van der Waals surface area contributed by atoms with Crippen molar-refractivity contribution in [3.63, 3.8) is 0 Å². The molecule has 2 aromatic heterocycles. The fourth-order valence-electron chi connectivity index (χ4n) is 3.18. The second-order valence-electron chi connectivity index (χ2n) is 6.69. The van der Waals surface area contributed by atoms with Gasteiger partial charge in [-0.15, -0.1) is 5.10 Å². The molecule has 1 N–H and O–H groups in total. The van der Waals surface area contributed by atoms with Gasteiger partial charge in [-0.25, -0.2) is 13.1 Å². The Balaban J connectivity index is 1.66. The molecule has 0 radical (unpaired) electrons. The SMILES string of the molecule is CCS(=O)(=O)c1cccc(NC(=O)c2nnn(-c3cccc4cnccc34)c2C)c1. The minimum Gasteiger partial charge on any atom is -0.320 e. The minimum atomic E-state index is -3.37. The second-order valence-corrected chi connectivity index (χ2v) is 8.97. The van der Waals surface area contributed by atoms with E-state index in [-0.39, 0.29) is 16.3 Å². The predicted octanol–water partition coefficient (Wildman–Crippen LogP) is 3.17. The van der Waals surface area contributed by atoms with E-state index in [9.17, 15) is 13.2 Å². The maximum absolute atomic E-state index is 12.8. The molecule has 0 saturated carbocycles. The zero-order valence-electron chi connectivity index (χ0n) is 16.4. The molecule has 2 aromatic carbocycles. The summed E-state index contributed by atoms with van der Waals surface area (Å²) in [7, 11) is -3.37. The minimum absolute atomic E-state index is 0.0155. The van der Waals surface area contributed by atoms with E-state index < -0.39 is 15.7 Å². The number of nitrogens with one attached hydrogen (secondary N) is 1. The van der Waals surface area contributed by atoms with Gasteiger partial charge in [0, 0.05) is 28.9 Å². The Morgan fingerprint density at radius 1 is 1.13 bits per heavy atom. The first-order valence-electron chi connectivity index (χ1n) is 9.30. The van der Waals surface area contributed by atoms with Crippen LogP contribution in [-0.2, 0) is 9.84 Å². The van der Waals surface area contributed by atoms with E-state index in [1.54, 1.807) is 43.1 Å². The number of hydrogen-bond acceptors (Lipinski definition) is 6. The number of anilines is 1. The third-order valence-electron chi connectivity index (χ3n) is 4.83. The molecule has 0 bridgehead atoms. The predicted molar refractivity (Wildman–Crippen MR) is 114 cm³/mol. The molecule has 0 fully saturated rings. The van der Waals surface area contributed by atoms with Crippen molar-refractivity contribution < 1.29 is 13.2 Å². The van der Waals surface area contributed by atoms with Crippen LogP contribution in [0.4, 0.5) is 5.69 Å². The van der Waals surface area contributed by atoms with Gasteiger partial charge in [0.1, 0.15) is 0 Å². The molecule has 0 atom stereocenters. The highest BCUT2D eigenvalue weighted by molar-refractivity contribution is 7.91. The van der Waals surface area contributed by atoms with Crippen LogP contribution in [0.3, 0.4) is 0 Å². The van der Waals surface area contributed by atoms with Crippen molar-refractivity contribution >= 4 is 32.2 Å². The largest absolute Gasteiger partial charge is 0.320 e. The number of amides is 1. The van der Waals surface area contributed by atoms with Gasteiger partial charge >= 0.3 is 0 Å². The third kappa shape index (κ3) is 3.55. The Morgan fingerprint density at radius 3 is 2.73 bits per heavy atom. The Labute approximate surface area is 173 Å². The smallest absolute Gasteiger partial charge is 0.278 e. The number of carbonyl (C=O) groups is 1. The van der Waals surface area contributed by atoms with Crippen LogP contribution in [0.15, 0.2) is 65.8 Å². The van der Waals surface area contributed by atoms with Gasteiger partial charge in [0.2, 0.25) is 0 Å². The summed E-state index contributed by atoms with van der Waals surface area (Å²) in [6.07, 6.45) is 3.46. The first-order valence-corrected chi connectivity index (χ1v) is 11.0. The van der Waals surface area contributed by atoms with Crippen LogP contribution >= 0.6 is 0 Å². The highest BCUT2D eigenvalue weighted by Crippen LogP contribution is 2.23. The molecule has 9 heteroatoms. The lowest BCUT2D eigenvalue weighted by Crippen LogP contribution is -2.15. The zero-order chi connectivity index (χ0) is 21.3. The van der Waals surface area contributed by atoms with Crippen LogP contribution < -0.4 is 5.32 Å². The Hall–Kier alpha value is -3.59. The lowest BCUT2D eigenvalue weighted by Gasteiger charge is -2.08. The molecule has 0 aliphatic rings. The van der Waals surface area contributed by atoms with E-state index in [2.05, 4.69) is 20.6 Å². The number of aromatic nitrogens is 4. The molecule has 2 heterocycles. The molecule has 0 aliphatic heterocycles. The van der Waals surface area contributed by atoms with Crippen LogP contribution in [0.25, 0.3) is 16.5 Å². The molecule has 8 nitrogen and oxygen atoms in total. The average molecular weight is 421 g/mol. The summed E-state index contributed by atoms with van der Waals surface area (Å²) in [5.41, 5.74) is 1.88. The van der Waals surface area contributed by atoms with Gasteiger partial charge in [-0.05, 0) is 37.3 Å². The lowest BCUT2D eigenvalue weighted by molar-refractivity contribution is 0.102. The summed E-state index contributed by atoms with van der Waals surface area (Å²) in [5, 5.41) is 12.8. The summed E-state index contributed by atoms with van der Waals surface area (Å²) < 4.78 is 25.8. The van der Waals surface area contributed by atoms with E-state index >= 15 is 0 Å². The molecular formula is C21H19N5O3S. The van der Waals surface area contributed by atoms with Gasteiger partial charge in [-0.2, -0.15) is 0 Å². The van der Waals surface area contributed by atoms with E-state index in [0.29, 0.717) is 11.4 Å². The van der Waals surface area contributed by atoms with Gasteiger partial charge in [-0.3, -0.25) is 9.78 Å². The van der Waals surface area contributed by atoms with E-state index in [1.165, 1.54) is 12.1 Å². The summed E-state index contributed by atoms with van der Waals surface area (Å²) in [6, 6.07) is 13.8. The Bertz CT molecular complexity index is 1360. The van der Waals surface area contributed by atoms with E-state index in [1.807, 2.05) is 24.3 Å². The standard InChI is InChI=1S/C21H19N5O3S/c1-3-30(28,29)17-8-5-7-16(12-17)23-21(27)20-14(2)26(25-24-20)19-9-4-6-15-13-22-11-10-18(15)19/h4-13H,3H2,1-2H3,(H,23,27). The maximum Gasteiger partial charge on any atom is 0.278 e. The summed E-state index contributed by atoms with van der Waals surface area (Å²) in [6.45, 7) is 3.33. The third-order valence-corrected chi connectivity index (χ3v) is 6.56. The Morgan fingerprint density at radius 2 is 1.93 bits per heavy atom. The van der Waals surface area contributed by atoms with Crippen molar-refractivity contribution in [1.29, 1.82) is 0 Å². The second kappa shape index (κ2) is 7.68. The molecule has 1 amide bonds. The molecular weight excluding hydrogens is 402 g/mol. The Kier molecular flexibility index (Phi) is 5.04. The quantitative estimate of drug-likeness (QED) is 0.530. The number of benzene rings is 2. The maximum atomic E-state index is 12.8. The van der Waals surface area contributed by atoms with Crippen LogP contribution in [-0.4, -0.2) is 40.1 Å². The van der Waals surface area contributed by atoms with Crippen LogP contribution in [0.5, 0.6) is 0 Å². The van der Waals surface area contributed by atoms with Crippen molar-refractivity contribution in [2.75, 3.05) is 11.1 Å². The molecule has 152 valence electrons. The highest BCUT2D eigenvalue weighted by Gasteiger charge is 2.19. The first-order chi connectivity index (χ1) is 14.4. The first kappa shape index (κ1) is 19.7. The normalized spacial score (nSPS) is 11.5. The topological polar surface area (TPSA) is 107 Å². The average Bonchev–Trinajstić information content (AvgIpc) is 3.14. The van der Waals surface area contributed by atoms with Crippen LogP contribution in [0.1, 0.15) is 23.1 Å². The fourth-order valence-corrected chi connectivity index (χ4v) is 4.11. The molecule has 4 rings (SSSR count). The lowest BCUT2D eigenvalue weighted by atomic mass is 10.1.